The maximum atomic E-state index is 5.81. The van der Waals surface area contributed by atoms with E-state index in [-0.39, 0.29) is 6.04 Å². The van der Waals surface area contributed by atoms with Gasteiger partial charge in [0.2, 0.25) is 0 Å². The van der Waals surface area contributed by atoms with Gasteiger partial charge in [0.05, 0.1) is 19.8 Å². The highest BCUT2D eigenvalue weighted by Crippen LogP contribution is 2.34. The van der Waals surface area contributed by atoms with Gasteiger partial charge >= 0.3 is 0 Å². The molecule has 1 atom stereocenters. The molecule has 1 aromatic carbocycles. The first kappa shape index (κ1) is 14.4. The zero-order chi connectivity index (χ0) is 13.7. The Bertz CT molecular complexity index is 459. The molecule has 0 amide bonds. The predicted molar refractivity (Wildman–Crippen MR) is 80.4 cm³/mol. The minimum atomic E-state index is 0.0633. The standard InChI is InChI=1S/C15H20BrNO2/c1-3-17-15(13-6-4-5-9-19-13)12-8-7-11(16)10-14(12)18-2/h6-8,10,15,17H,3-5,9H2,1-2H3. The molecular weight excluding hydrogens is 306 g/mol. The zero-order valence-corrected chi connectivity index (χ0v) is 13.0. The number of methoxy groups -OCH3 is 1. The summed E-state index contributed by atoms with van der Waals surface area (Å²) in [6.45, 7) is 3.78. The summed E-state index contributed by atoms with van der Waals surface area (Å²) in [5, 5.41) is 3.47. The number of nitrogens with one attached hydrogen (secondary N) is 1. The van der Waals surface area contributed by atoms with Crippen LogP contribution in [0.25, 0.3) is 0 Å². The van der Waals surface area contributed by atoms with E-state index in [0.717, 1.165) is 47.5 Å². The molecule has 1 N–H and O–H groups in total. The molecule has 1 aromatic rings. The second-order valence-corrected chi connectivity index (χ2v) is 5.39. The highest BCUT2D eigenvalue weighted by Gasteiger charge is 2.22. The fraction of sp³-hybridized carbons (Fsp3) is 0.467. The van der Waals surface area contributed by atoms with Crippen LogP contribution in [0.5, 0.6) is 5.75 Å². The normalized spacial score (nSPS) is 16.5. The Morgan fingerprint density at radius 3 is 2.95 bits per heavy atom. The summed E-state index contributed by atoms with van der Waals surface area (Å²) < 4.78 is 12.3. The van der Waals surface area contributed by atoms with Crippen molar-refractivity contribution in [3.63, 3.8) is 0 Å². The smallest absolute Gasteiger partial charge is 0.125 e. The molecule has 0 aliphatic carbocycles. The molecule has 0 saturated carbocycles. The van der Waals surface area contributed by atoms with Gasteiger partial charge in [-0.05, 0) is 37.6 Å². The van der Waals surface area contributed by atoms with Crippen LogP contribution in [-0.2, 0) is 4.74 Å². The summed E-state index contributed by atoms with van der Waals surface area (Å²) in [4.78, 5) is 0. The molecular formula is C15H20BrNO2. The van der Waals surface area contributed by atoms with Crippen LogP contribution in [0.4, 0.5) is 0 Å². The SMILES string of the molecule is CCNC(C1=CCCCO1)c1ccc(Br)cc1OC. The monoisotopic (exact) mass is 325 g/mol. The Morgan fingerprint density at radius 2 is 2.32 bits per heavy atom. The van der Waals surface area contributed by atoms with Gasteiger partial charge in [0.1, 0.15) is 11.5 Å². The van der Waals surface area contributed by atoms with Crippen LogP contribution in [-0.4, -0.2) is 20.3 Å². The van der Waals surface area contributed by atoms with Gasteiger partial charge < -0.3 is 14.8 Å². The van der Waals surface area contributed by atoms with Gasteiger partial charge in [0, 0.05) is 10.0 Å². The molecule has 2 rings (SSSR count). The number of likely N-dealkylation sites (N-methyl/N-ethyl adjacent to an activating group) is 1. The van der Waals surface area contributed by atoms with Gasteiger partial charge in [-0.1, -0.05) is 28.9 Å². The second-order valence-electron chi connectivity index (χ2n) is 4.47. The molecule has 0 radical (unpaired) electrons. The first-order valence-corrected chi connectivity index (χ1v) is 7.45. The van der Waals surface area contributed by atoms with Crippen LogP contribution in [0.3, 0.4) is 0 Å². The molecule has 1 aliphatic heterocycles. The van der Waals surface area contributed by atoms with Crippen molar-refractivity contribution in [2.45, 2.75) is 25.8 Å². The van der Waals surface area contributed by atoms with Crippen molar-refractivity contribution in [1.29, 1.82) is 0 Å². The highest BCUT2D eigenvalue weighted by atomic mass is 79.9. The minimum absolute atomic E-state index is 0.0633. The van der Waals surface area contributed by atoms with Gasteiger partial charge in [-0.25, -0.2) is 0 Å². The molecule has 0 aromatic heterocycles. The maximum Gasteiger partial charge on any atom is 0.125 e. The van der Waals surface area contributed by atoms with E-state index in [9.17, 15) is 0 Å². The van der Waals surface area contributed by atoms with Crippen LogP contribution >= 0.6 is 15.9 Å². The fourth-order valence-electron chi connectivity index (χ4n) is 2.27. The third-order valence-corrected chi connectivity index (χ3v) is 3.66. The van der Waals surface area contributed by atoms with Crippen molar-refractivity contribution in [1.82, 2.24) is 5.32 Å². The van der Waals surface area contributed by atoms with Crippen molar-refractivity contribution >= 4 is 15.9 Å². The lowest BCUT2D eigenvalue weighted by Crippen LogP contribution is -2.25. The van der Waals surface area contributed by atoms with Gasteiger partial charge in [-0.2, -0.15) is 0 Å². The van der Waals surface area contributed by atoms with E-state index in [1.54, 1.807) is 7.11 Å². The summed E-state index contributed by atoms with van der Waals surface area (Å²) in [7, 11) is 1.70. The van der Waals surface area contributed by atoms with Crippen LogP contribution in [0.2, 0.25) is 0 Å². The van der Waals surface area contributed by atoms with Crippen LogP contribution < -0.4 is 10.1 Å². The first-order valence-electron chi connectivity index (χ1n) is 6.66. The lowest BCUT2D eigenvalue weighted by atomic mass is 10.0. The summed E-state index contributed by atoms with van der Waals surface area (Å²) in [5.41, 5.74) is 1.11. The second kappa shape index (κ2) is 6.96. The third-order valence-electron chi connectivity index (χ3n) is 3.16. The molecule has 0 bridgehead atoms. The Kier molecular flexibility index (Phi) is 5.28. The summed E-state index contributed by atoms with van der Waals surface area (Å²) in [6.07, 6.45) is 4.36. The first-order chi connectivity index (χ1) is 9.26. The van der Waals surface area contributed by atoms with Crippen molar-refractivity contribution in [2.75, 3.05) is 20.3 Å². The Labute approximate surface area is 123 Å². The van der Waals surface area contributed by atoms with Crippen LogP contribution in [0, 0.1) is 0 Å². The molecule has 0 spiro atoms. The average Bonchev–Trinajstić information content (AvgIpc) is 2.46. The third kappa shape index (κ3) is 3.51. The number of hydrogen-bond acceptors (Lipinski definition) is 3. The van der Waals surface area contributed by atoms with Gasteiger partial charge in [-0.3, -0.25) is 0 Å². The number of ether oxygens (including phenoxy) is 2. The number of allylic oxidation sites excluding steroid dienone is 1. The molecule has 0 fully saturated rings. The molecule has 104 valence electrons. The molecule has 19 heavy (non-hydrogen) atoms. The van der Waals surface area contributed by atoms with Crippen LogP contribution in [0.1, 0.15) is 31.4 Å². The van der Waals surface area contributed by atoms with E-state index in [4.69, 9.17) is 9.47 Å². The number of hydrogen-bond donors (Lipinski definition) is 1. The van der Waals surface area contributed by atoms with E-state index < -0.39 is 0 Å². The van der Waals surface area contributed by atoms with Gasteiger partial charge in [0.25, 0.3) is 0 Å². The van der Waals surface area contributed by atoms with E-state index in [0.29, 0.717) is 0 Å². The van der Waals surface area contributed by atoms with E-state index in [1.165, 1.54) is 0 Å². The fourth-order valence-corrected chi connectivity index (χ4v) is 2.61. The highest BCUT2D eigenvalue weighted by molar-refractivity contribution is 9.10. The van der Waals surface area contributed by atoms with Crippen molar-refractivity contribution in [3.05, 3.63) is 40.1 Å². The lowest BCUT2D eigenvalue weighted by molar-refractivity contribution is 0.167. The van der Waals surface area contributed by atoms with Crippen LogP contribution in [0.15, 0.2) is 34.5 Å². The number of benzene rings is 1. The van der Waals surface area contributed by atoms with Crippen molar-refractivity contribution < 1.29 is 9.47 Å². The van der Waals surface area contributed by atoms with Crippen molar-refractivity contribution in [3.8, 4) is 5.75 Å². The zero-order valence-electron chi connectivity index (χ0n) is 11.4. The van der Waals surface area contributed by atoms with E-state index in [1.807, 2.05) is 12.1 Å². The van der Waals surface area contributed by atoms with Crippen molar-refractivity contribution in [2.24, 2.45) is 0 Å². The Morgan fingerprint density at radius 1 is 1.47 bits per heavy atom. The van der Waals surface area contributed by atoms with E-state index >= 15 is 0 Å². The molecule has 0 saturated heterocycles. The summed E-state index contributed by atoms with van der Waals surface area (Å²) in [6, 6.07) is 6.16. The summed E-state index contributed by atoms with van der Waals surface area (Å²) in [5.74, 6) is 1.88. The molecule has 3 nitrogen and oxygen atoms in total. The lowest BCUT2D eigenvalue weighted by Gasteiger charge is -2.26. The average molecular weight is 326 g/mol. The minimum Gasteiger partial charge on any atom is -0.496 e. The topological polar surface area (TPSA) is 30.5 Å². The molecule has 1 unspecified atom stereocenters. The Hall–Kier alpha value is -1.00. The molecule has 1 aliphatic rings. The largest absolute Gasteiger partial charge is 0.496 e. The number of halogens is 1. The summed E-state index contributed by atoms with van der Waals surface area (Å²) >= 11 is 3.47. The molecule has 1 heterocycles. The predicted octanol–water partition coefficient (Wildman–Crippen LogP) is 3.80. The number of rotatable bonds is 5. The molecule has 4 heteroatoms. The Balaban J connectivity index is 2.35. The maximum absolute atomic E-state index is 5.81. The van der Waals surface area contributed by atoms with E-state index in [2.05, 4.69) is 40.3 Å². The quantitative estimate of drug-likeness (QED) is 0.893. The van der Waals surface area contributed by atoms with Gasteiger partial charge in [0.15, 0.2) is 0 Å². The van der Waals surface area contributed by atoms with Gasteiger partial charge in [-0.15, -0.1) is 0 Å².